The van der Waals surface area contributed by atoms with E-state index in [0.29, 0.717) is 23.0 Å². The highest BCUT2D eigenvalue weighted by atomic mass is 35.5. The summed E-state index contributed by atoms with van der Waals surface area (Å²) in [6.07, 6.45) is 1.68. The smallest absolute Gasteiger partial charge is 0.251 e. The molecule has 4 nitrogen and oxygen atoms in total. The quantitative estimate of drug-likeness (QED) is 0.824. The van der Waals surface area contributed by atoms with Crippen LogP contribution in [0.5, 0.6) is 0 Å². The van der Waals surface area contributed by atoms with Crippen LogP contribution in [0.15, 0.2) is 48.5 Å². The maximum absolute atomic E-state index is 12.2. The fourth-order valence-corrected chi connectivity index (χ4v) is 2.96. The summed E-state index contributed by atoms with van der Waals surface area (Å²) in [7, 11) is 0. The lowest BCUT2D eigenvalue weighted by Crippen LogP contribution is -2.25. The van der Waals surface area contributed by atoms with Gasteiger partial charge in [0.15, 0.2) is 0 Å². The Balaban J connectivity index is 1.48. The Morgan fingerprint density at radius 2 is 1.88 bits per heavy atom. The minimum Gasteiger partial charge on any atom is -0.352 e. The van der Waals surface area contributed by atoms with Crippen LogP contribution in [-0.4, -0.2) is 18.4 Å². The molecule has 2 unspecified atom stereocenters. The molecule has 2 aromatic carbocycles. The number of amides is 2. The number of nitrogens with one attached hydrogen (secondary N) is 2. The number of hydrogen-bond donors (Lipinski definition) is 2. The topological polar surface area (TPSA) is 58.2 Å². The van der Waals surface area contributed by atoms with Crippen LogP contribution in [0.3, 0.4) is 0 Å². The lowest BCUT2D eigenvalue weighted by Gasteiger charge is -2.08. The summed E-state index contributed by atoms with van der Waals surface area (Å²) in [6, 6.07) is 14.6. The van der Waals surface area contributed by atoms with Gasteiger partial charge in [-0.2, -0.15) is 0 Å². The first-order chi connectivity index (χ1) is 12.0. The maximum Gasteiger partial charge on any atom is 0.251 e. The predicted molar refractivity (Wildman–Crippen MR) is 99.8 cm³/mol. The van der Waals surface area contributed by atoms with Gasteiger partial charge >= 0.3 is 0 Å². The fraction of sp³-hybridized carbons (Fsp3) is 0.300. The molecular formula is C20H21ClN2O2. The largest absolute Gasteiger partial charge is 0.352 e. The molecule has 0 spiro atoms. The molecule has 3 rings (SSSR count). The van der Waals surface area contributed by atoms with Crippen LogP contribution in [-0.2, 0) is 11.2 Å². The molecule has 1 aliphatic carbocycles. The molecule has 0 aliphatic heterocycles. The Hall–Kier alpha value is -2.33. The molecule has 2 atom stereocenters. The van der Waals surface area contributed by atoms with Gasteiger partial charge in [0.2, 0.25) is 5.91 Å². The molecular weight excluding hydrogens is 336 g/mol. The summed E-state index contributed by atoms with van der Waals surface area (Å²) < 4.78 is 0. The zero-order chi connectivity index (χ0) is 17.8. The van der Waals surface area contributed by atoms with Crippen molar-refractivity contribution in [2.45, 2.75) is 19.8 Å². The van der Waals surface area contributed by atoms with E-state index in [0.717, 1.165) is 24.1 Å². The number of hydrogen-bond acceptors (Lipinski definition) is 2. The molecule has 1 aliphatic rings. The summed E-state index contributed by atoms with van der Waals surface area (Å²) in [5.74, 6) is 0.543. The molecule has 0 heterocycles. The highest BCUT2D eigenvalue weighted by Crippen LogP contribution is 2.38. The van der Waals surface area contributed by atoms with Crippen molar-refractivity contribution in [1.82, 2.24) is 5.32 Å². The molecule has 0 radical (unpaired) electrons. The Kier molecular flexibility index (Phi) is 5.39. The van der Waals surface area contributed by atoms with Crippen LogP contribution in [0.2, 0.25) is 5.02 Å². The van der Waals surface area contributed by atoms with Gasteiger partial charge in [0.25, 0.3) is 5.91 Å². The SMILES string of the molecule is CC1CC1C(=O)Nc1ccc(C(=O)NCCc2cccc(Cl)c2)cc1. The van der Waals surface area contributed by atoms with E-state index in [-0.39, 0.29) is 17.7 Å². The van der Waals surface area contributed by atoms with Gasteiger partial charge in [-0.15, -0.1) is 0 Å². The van der Waals surface area contributed by atoms with E-state index in [1.807, 2.05) is 24.3 Å². The normalized spacial score (nSPS) is 18.5. The van der Waals surface area contributed by atoms with Crippen molar-refractivity contribution in [2.24, 2.45) is 11.8 Å². The molecule has 1 fully saturated rings. The number of rotatable bonds is 6. The van der Waals surface area contributed by atoms with Crippen LogP contribution in [0.4, 0.5) is 5.69 Å². The second-order valence-electron chi connectivity index (χ2n) is 6.52. The molecule has 2 aromatic rings. The lowest BCUT2D eigenvalue weighted by atomic mass is 10.1. The Labute approximate surface area is 152 Å². The van der Waals surface area contributed by atoms with Crippen molar-refractivity contribution in [3.63, 3.8) is 0 Å². The van der Waals surface area contributed by atoms with E-state index in [9.17, 15) is 9.59 Å². The number of carbonyl (C=O) groups excluding carboxylic acids is 2. The van der Waals surface area contributed by atoms with E-state index < -0.39 is 0 Å². The summed E-state index contributed by atoms with van der Waals surface area (Å²) in [5, 5.41) is 6.48. The van der Waals surface area contributed by atoms with E-state index >= 15 is 0 Å². The van der Waals surface area contributed by atoms with Gasteiger partial charge in [-0.25, -0.2) is 0 Å². The second kappa shape index (κ2) is 7.70. The Morgan fingerprint density at radius 1 is 1.16 bits per heavy atom. The highest BCUT2D eigenvalue weighted by molar-refractivity contribution is 6.30. The first kappa shape index (κ1) is 17.5. The third kappa shape index (κ3) is 4.83. The van der Waals surface area contributed by atoms with Crippen molar-refractivity contribution < 1.29 is 9.59 Å². The minimum atomic E-state index is -0.129. The van der Waals surface area contributed by atoms with Crippen molar-refractivity contribution >= 4 is 29.1 Å². The van der Waals surface area contributed by atoms with Crippen LogP contribution < -0.4 is 10.6 Å². The van der Waals surface area contributed by atoms with Crippen molar-refractivity contribution in [3.8, 4) is 0 Å². The average molecular weight is 357 g/mol. The van der Waals surface area contributed by atoms with Gasteiger partial charge in [-0.05, 0) is 60.7 Å². The molecule has 0 saturated heterocycles. The van der Waals surface area contributed by atoms with Crippen molar-refractivity contribution in [2.75, 3.05) is 11.9 Å². The summed E-state index contributed by atoms with van der Waals surface area (Å²) in [4.78, 5) is 24.1. The van der Waals surface area contributed by atoms with Gasteiger partial charge in [-0.1, -0.05) is 30.7 Å². The average Bonchev–Trinajstić information content (AvgIpc) is 3.32. The first-order valence-corrected chi connectivity index (χ1v) is 8.84. The summed E-state index contributed by atoms with van der Waals surface area (Å²) in [5.41, 5.74) is 2.38. The molecule has 2 amide bonds. The Morgan fingerprint density at radius 3 is 2.52 bits per heavy atom. The van der Waals surface area contributed by atoms with E-state index in [4.69, 9.17) is 11.6 Å². The maximum atomic E-state index is 12.2. The molecule has 5 heteroatoms. The molecule has 0 bridgehead atoms. The zero-order valence-electron chi connectivity index (χ0n) is 14.1. The number of benzene rings is 2. The fourth-order valence-electron chi connectivity index (χ4n) is 2.74. The predicted octanol–water partition coefficient (Wildman–Crippen LogP) is 3.91. The molecule has 130 valence electrons. The molecule has 1 saturated carbocycles. The van der Waals surface area contributed by atoms with E-state index in [1.54, 1.807) is 24.3 Å². The van der Waals surface area contributed by atoms with Crippen LogP contribution in [0, 0.1) is 11.8 Å². The second-order valence-corrected chi connectivity index (χ2v) is 6.96. The van der Waals surface area contributed by atoms with E-state index in [2.05, 4.69) is 17.6 Å². The minimum absolute atomic E-state index is 0.0613. The van der Waals surface area contributed by atoms with Crippen LogP contribution in [0.25, 0.3) is 0 Å². The third-order valence-corrected chi connectivity index (χ3v) is 4.68. The number of halogens is 1. The lowest BCUT2D eigenvalue weighted by molar-refractivity contribution is -0.117. The molecule has 25 heavy (non-hydrogen) atoms. The van der Waals surface area contributed by atoms with Gasteiger partial charge in [0, 0.05) is 28.7 Å². The van der Waals surface area contributed by atoms with Crippen LogP contribution in [0.1, 0.15) is 29.3 Å². The van der Waals surface area contributed by atoms with Gasteiger partial charge in [0.1, 0.15) is 0 Å². The van der Waals surface area contributed by atoms with Gasteiger partial charge in [-0.3, -0.25) is 9.59 Å². The van der Waals surface area contributed by atoms with Crippen LogP contribution >= 0.6 is 11.6 Å². The Bertz CT molecular complexity index is 774. The zero-order valence-corrected chi connectivity index (χ0v) is 14.8. The summed E-state index contributed by atoms with van der Waals surface area (Å²) in [6.45, 7) is 2.61. The molecule has 2 N–H and O–H groups in total. The van der Waals surface area contributed by atoms with E-state index in [1.165, 1.54) is 0 Å². The van der Waals surface area contributed by atoms with Crippen molar-refractivity contribution in [1.29, 1.82) is 0 Å². The van der Waals surface area contributed by atoms with Crippen molar-refractivity contribution in [3.05, 3.63) is 64.7 Å². The van der Waals surface area contributed by atoms with Gasteiger partial charge in [0.05, 0.1) is 0 Å². The number of carbonyl (C=O) groups is 2. The monoisotopic (exact) mass is 356 g/mol. The highest BCUT2D eigenvalue weighted by Gasteiger charge is 2.39. The van der Waals surface area contributed by atoms with Gasteiger partial charge < -0.3 is 10.6 Å². The third-order valence-electron chi connectivity index (χ3n) is 4.45. The number of anilines is 1. The standard InChI is InChI=1S/C20H21ClN2O2/c1-13-11-18(13)20(25)23-17-7-5-15(6-8-17)19(24)22-10-9-14-3-2-4-16(21)12-14/h2-8,12-13,18H,9-11H2,1H3,(H,22,24)(H,23,25). The summed E-state index contributed by atoms with van der Waals surface area (Å²) >= 11 is 5.95. The molecule has 0 aromatic heterocycles. The first-order valence-electron chi connectivity index (χ1n) is 8.46.